The van der Waals surface area contributed by atoms with Crippen molar-refractivity contribution in [1.29, 1.82) is 0 Å². The third kappa shape index (κ3) is 4.16. The minimum Gasteiger partial charge on any atom is -0.309 e. The smallest absolute Gasteiger partial charge is 0.309 e. The van der Waals surface area contributed by atoms with E-state index in [2.05, 4.69) is 21.1 Å². The highest BCUT2D eigenvalue weighted by Gasteiger charge is 2.26. The van der Waals surface area contributed by atoms with Crippen LogP contribution in [0.4, 0.5) is 14.9 Å². The number of nitrogens with one attached hydrogen (secondary N) is 2. The van der Waals surface area contributed by atoms with Gasteiger partial charge in [0.05, 0.1) is 0 Å². The second-order valence-electron chi connectivity index (χ2n) is 8.68. The second kappa shape index (κ2) is 8.27. The van der Waals surface area contributed by atoms with Crippen LogP contribution in [0.2, 0.25) is 0 Å². The van der Waals surface area contributed by atoms with Gasteiger partial charge in [0.2, 0.25) is 0 Å². The summed E-state index contributed by atoms with van der Waals surface area (Å²) in [7, 11) is -3.67. The van der Waals surface area contributed by atoms with E-state index in [-0.39, 0.29) is 4.21 Å². The third-order valence-corrected chi connectivity index (χ3v) is 9.60. The Bertz CT molecular complexity index is 1130. The number of thiophene rings is 1. The van der Waals surface area contributed by atoms with Crippen LogP contribution in [-0.2, 0) is 42.1 Å². The molecule has 1 saturated carbocycles. The fourth-order valence-electron chi connectivity index (χ4n) is 4.80. The second-order valence-corrected chi connectivity index (χ2v) is 11.8. The zero-order chi connectivity index (χ0) is 21.6. The summed E-state index contributed by atoms with van der Waals surface area (Å²) in [5, 5.41) is 12.1. The molecule has 0 aliphatic heterocycles. The molecule has 1 heterocycles. The zero-order valence-corrected chi connectivity index (χ0v) is 19.0. The zero-order valence-electron chi connectivity index (χ0n) is 17.3. The van der Waals surface area contributed by atoms with Crippen LogP contribution >= 0.6 is 11.3 Å². The van der Waals surface area contributed by atoms with Crippen LogP contribution in [0.15, 0.2) is 20.7 Å². The summed E-state index contributed by atoms with van der Waals surface area (Å²) in [6, 6.07) is 3.29. The molecule has 0 saturated heterocycles. The van der Waals surface area contributed by atoms with Crippen molar-refractivity contribution in [1.82, 2.24) is 5.32 Å². The lowest BCUT2D eigenvalue weighted by molar-refractivity contribution is 0.260. The number of hydrogen-bond donors (Lipinski definition) is 3. The molecule has 1 aromatic heterocycles. The lowest BCUT2D eigenvalue weighted by atomic mass is 9.93. The first-order chi connectivity index (χ1) is 14.9. The normalized spacial score (nSPS) is 19.4. The predicted octanol–water partition coefficient (Wildman–Crippen LogP) is 4.44. The van der Waals surface area contributed by atoms with E-state index in [0.29, 0.717) is 17.5 Å². The number of anilines is 1. The van der Waals surface area contributed by atoms with Gasteiger partial charge in [0.15, 0.2) is 19.9 Å². The number of aryl methyl sites for hydroxylation is 2. The van der Waals surface area contributed by atoms with Gasteiger partial charge in [-0.2, -0.15) is 0 Å². The Morgan fingerprint density at radius 3 is 2.42 bits per heavy atom. The van der Waals surface area contributed by atoms with Crippen molar-refractivity contribution in [3.8, 4) is 0 Å². The summed E-state index contributed by atoms with van der Waals surface area (Å²) in [6.45, 7) is 0.496. The number of carbonyl (C=O) groups excluding carboxylic acids is 1. The fraction of sp³-hybridized carbons (Fsp3) is 0.500. The summed E-state index contributed by atoms with van der Waals surface area (Å²) in [5.74, 6) is -0.666. The monoisotopic (exact) mass is 462 g/mol. The van der Waals surface area contributed by atoms with Crippen LogP contribution in [0.5, 0.6) is 0 Å². The van der Waals surface area contributed by atoms with E-state index in [9.17, 15) is 13.4 Å². The van der Waals surface area contributed by atoms with Crippen molar-refractivity contribution in [2.24, 2.45) is 9.50 Å². The van der Waals surface area contributed by atoms with Gasteiger partial charge in [-0.15, -0.1) is 15.7 Å². The summed E-state index contributed by atoms with van der Waals surface area (Å²) in [6.07, 6.45) is 9.41. The van der Waals surface area contributed by atoms with Crippen LogP contribution in [0, 0.1) is 5.82 Å². The number of benzene rings is 1. The van der Waals surface area contributed by atoms with Crippen LogP contribution in [0.3, 0.4) is 0 Å². The number of carbonyl (C=O) groups is 1. The average Bonchev–Trinajstić information content (AvgIpc) is 3.39. The van der Waals surface area contributed by atoms with Gasteiger partial charge in [0.25, 0.3) is 0 Å². The van der Waals surface area contributed by atoms with Crippen molar-refractivity contribution in [3.05, 3.63) is 45.1 Å². The van der Waals surface area contributed by atoms with Crippen molar-refractivity contribution in [2.75, 3.05) is 5.32 Å². The summed E-state index contributed by atoms with van der Waals surface area (Å²) in [5.41, 5.74) is 5.66. The third-order valence-electron chi connectivity index (χ3n) is 6.57. The van der Waals surface area contributed by atoms with Crippen LogP contribution < -0.4 is 15.8 Å². The van der Waals surface area contributed by atoms with Gasteiger partial charge in [-0.25, -0.2) is 18.5 Å². The van der Waals surface area contributed by atoms with E-state index >= 15 is 0 Å². The molecule has 1 unspecified atom stereocenters. The predicted molar refractivity (Wildman–Crippen MR) is 121 cm³/mol. The minimum atomic E-state index is -3.67. The van der Waals surface area contributed by atoms with E-state index in [1.54, 1.807) is 0 Å². The molecule has 9 heteroatoms. The van der Waals surface area contributed by atoms with E-state index in [4.69, 9.17) is 5.14 Å². The SMILES string of the molecule is NS(=O)(=NC(=O)Nc1c2c(cc3c1CCC3)CCC2)c1sc(CNC2CCC2)cc1F. The Morgan fingerprint density at radius 2 is 1.81 bits per heavy atom. The first-order valence-electron chi connectivity index (χ1n) is 10.9. The van der Waals surface area contributed by atoms with Crippen molar-refractivity contribution >= 4 is 33.0 Å². The molecule has 3 aliphatic carbocycles. The molecule has 2 amide bonds. The molecule has 166 valence electrons. The number of fused-ring (bicyclic) bond motifs is 2. The standard InChI is InChI=1S/C22H27FN4O2S2/c23-19-11-16(12-25-15-6-3-7-15)30-21(19)31(24,29)27-22(28)26-20-17-8-1-4-13(17)10-14-5-2-9-18(14)20/h10-11,15,25H,1-9,12H2,(H3,24,26,27,28,29). The number of hydrogen-bond acceptors (Lipinski definition) is 4. The average molecular weight is 463 g/mol. The van der Waals surface area contributed by atoms with Crippen molar-refractivity contribution < 1.29 is 13.4 Å². The van der Waals surface area contributed by atoms with E-state index in [1.807, 2.05) is 0 Å². The fourth-order valence-corrected chi connectivity index (χ4v) is 7.14. The summed E-state index contributed by atoms with van der Waals surface area (Å²) >= 11 is 1.02. The Kier molecular flexibility index (Phi) is 5.62. The number of rotatable bonds is 5. The number of halogens is 1. The summed E-state index contributed by atoms with van der Waals surface area (Å²) in [4.78, 5) is 13.4. The molecule has 3 aliphatic rings. The van der Waals surface area contributed by atoms with Gasteiger partial charge in [-0.1, -0.05) is 12.5 Å². The van der Waals surface area contributed by atoms with Gasteiger partial charge in [0, 0.05) is 23.2 Å². The minimum absolute atomic E-state index is 0.170. The lowest BCUT2D eigenvalue weighted by Crippen LogP contribution is -2.34. The molecule has 1 atom stereocenters. The molecule has 31 heavy (non-hydrogen) atoms. The molecule has 0 spiro atoms. The highest BCUT2D eigenvalue weighted by Crippen LogP contribution is 2.38. The number of nitrogens with two attached hydrogens (primary N) is 1. The topological polar surface area (TPSA) is 96.6 Å². The Morgan fingerprint density at radius 1 is 1.13 bits per heavy atom. The molecule has 5 rings (SSSR count). The molecule has 0 radical (unpaired) electrons. The molecule has 0 bridgehead atoms. The van der Waals surface area contributed by atoms with Gasteiger partial charge in [-0.05, 0) is 79.7 Å². The van der Waals surface area contributed by atoms with Crippen molar-refractivity contribution in [3.63, 3.8) is 0 Å². The Labute approximate surface area is 186 Å². The number of urea groups is 1. The maximum atomic E-state index is 14.5. The number of nitrogens with zero attached hydrogens (tertiary/aromatic N) is 1. The molecule has 4 N–H and O–H groups in total. The van der Waals surface area contributed by atoms with E-state index in [0.717, 1.165) is 79.5 Å². The molecular weight excluding hydrogens is 435 g/mol. The first kappa shape index (κ1) is 21.1. The van der Waals surface area contributed by atoms with Gasteiger partial charge in [-0.3, -0.25) is 0 Å². The van der Waals surface area contributed by atoms with Crippen LogP contribution in [0.25, 0.3) is 0 Å². The van der Waals surface area contributed by atoms with Gasteiger partial charge >= 0.3 is 6.03 Å². The molecular formula is C22H27FN4O2S2. The molecule has 6 nitrogen and oxygen atoms in total. The quantitative estimate of drug-likeness (QED) is 0.613. The molecule has 1 fully saturated rings. The van der Waals surface area contributed by atoms with E-state index in [1.165, 1.54) is 23.6 Å². The van der Waals surface area contributed by atoms with E-state index < -0.39 is 21.8 Å². The highest BCUT2D eigenvalue weighted by atomic mass is 32.2. The Balaban J connectivity index is 1.38. The van der Waals surface area contributed by atoms with Crippen LogP contribution in [0.1, 0.15) is 59.2 Å². The highest BCUT2D eigenvalue weighted by molar-refractivity contribution is 7.93. The molecule has 2 aromatic rings. The largest absolute Gasteiger partial charge is 0.354 e. The molecule has 1 aromatic carbocycles. The van der Waals surface area contributed by atoms with Crippen molar-refractivity contribution in [2.45, 2.75) is 74.6 Å². The first-order valence-corrected chi connectivity index (χ1v) is 13.3. The number of amides is 2. The van der Waals surface area contributed by atoms with Crippen LogP contribution in [-0.4, -0.2) is 16.3 Å². The van der Waals surface area contributed by atoms with Gasteiger partial charge < -0.3 is 10.6 Å². The maximum absolute atomic E-state index is 14.5. The van der Waals surface area contributed by atoms with Gasteiger partial charge in [0.1, 0.15) is 0 Å². The lowest BCUT2D eigenvalue weighted by Gasteiger charge is -2.26. The maximum Gasteiger partial charge on any atom is 0.354 e. The Hall–Kier alpha value is -1.81. The summed E-state index contributed by atoms with van der Waals surface area (Å²) < 4.78 is 31.0.